The first kappa shape index (κ1) is 20.1. The highest BCUT2D eigenvalue weighted by Crippen LogP contribution is 2.35. The second-order valence-electron chi connectivity index (χ2n) is 7.04. The molecule has 6 nitrogen and oxygen atoms in total. The molecule has 0 radical (unpaired) electrons. The number of piperidine rings is 1. The maximum Gasteiger partial charge on any atom is 0.421 e. The molecule has 1 saturated heterocycles. The molecular weight excluding hydrogens is 393 g/mol. The normalized spacial score (nSPS) is 16.8. The van der Waals surface area contributed by atoms with Crippen LogP contribution in [0.25, 0.3) is 11.3 Å². The lowest BCUT2D eigenvalue weighted by molar-refractivity contribution is -0.137. The van der Waals surface area contributed by atoms with Crippen LogP contribution in [0.1, 0.15) is 18.4 Å². The van der Waals surface area contributed by atoms with Crippen LogP contribution >= 0.6 is 0 Å². The number of hydrogen-bond donors (Lipinski definition) is 3. The van der Waals surface area contributed by atoms with E-state index in [1.165, 1.54) is 0 Å². The third-order valence-corrected chi connectivity index (χ3v) is 4.79. The van der Waals surface area contributed by atoms with E-state index in [-0.39, 0.29) is 23.6 Å². The molecule has 1 atom stereocenters. The number of nitrogens with one attached hydrogen (secondary N) is 3. The molecule has 156 valence electrons. The highest BCUT2D eigenvalue weighted by atomic mass is 19.4. The average molecular weight is 414 g/mol. The van der Waals surface area contributed by atoms with Crippen LogP contribution in [-0.2, 0) is 6.18 Å². The van der Waals surface area contributed by atoms with E-state index in [4.69, 9.17) is 0 Å². The molecule has 1 fully saturated rings. The summed E-state index contributed by atoms with van der Waals surface area (Å²) < 4.78 is 40.5. The number of pyridine rings is 1. The van der Waals surface area contributed by atoms with E-state index < -0.39 is 11.7 Å². The predicted molar refractivity (Wildman–Crippen MR) is 110 cm³/mol. The zero-order valence-corrected chi connectivity index (χ0v) is 16.1. The Balaban J connectivity index is 1.62. The molecule has 4 rings (SSSR count). The summed E-state index contributed by atoms with van der Waals surface area (Å²) in [5.74, 6) is 0.0886. The quantitative estimate of drug-likeness (QED) is 0.572. The topological polar surface area (TPSA) is 74.8 Å². The molecule has 0 saturated carbocycles. The summed E-state index contributed by atoms with van der Waals surface area (Å²) in [6.07, 6.45) is -1.90. The SMILES string of the molecule is FC(F)(F)c1cnc(N[C@H]2CCCNC2)nc1Nc1cccc(-c2ccccc2)n1. The van der Waals surface area contributed by atoms with Crippen molar-refractivity contribution in [3.8, 4) is 11.3 Å². The van der Waals surface area contributed by atoms with Crippen LogP contribution in [0, 0.1) is 0 Å². The minimum absolute atomic E-state index is 0.0721. The van der Waals surface area contributed by atoms with Crippen LogP contribution in [0.4, 0.5) is 30.8 Å². The Kier molecular flexibility index (Phi) is 5.80. The second-order valence-corrected chi connectivity index (χ2v) is 7.04. The smallest absolute Gasteiger partial charge is 0.350 e. The standard InChI is InChI=1S/C21H21F3N6/c22-21(23,24)16-13-26-20(27-15-8-5-11-25-12-15)30-19(16)29-18-10-4-9-17(28-18)14-6-2-1-3-7-14/h1-4,6-7,9-10,13,15,25H,5,8,11-12H2,(H2,26,27,28,29,30)/t15-/m0/s1. The van der Waals surface area contributed by atoms with Gasteiger partial charge in [-0.2, -0.15) is 18.2 Å². The molecule has 1 aromatic carbocycles. The van der Waals surface area contributed by atoms with E-state index >= 15 is 0 Å². The highest BCUT2D eigenvalue weighted by Gasteiger charge is 2.35. The minimum atomic E-state index is -4.59. The number of hydrogen-bond acceptors (Lipinski definition) is 6. The van der Waals surface area contributed by atoms with Gasteiger partial charge in [0.15, 0.2) is 0 Å². The van der Waals surface area contributed by atoms with Gasteiger partial charge < -0.3 is 16.0 Å². The van der Waals surface area contributed by atoms with Gasteiger partial charge in [-0.25, -0.2) is 9.97 Å². The molecule has 3 heterocycles. The van der Waals surface area contributed by atoms with Crippen molar-refractivity contribution in [3.05, 3.63) is 60.3 Å². The van der Waals surface area contributed by atoms with Crippen molar-refractivity contribution in [2.24, 2.45) is 0 Å². The van der Waals surface area contributed by atoms with Crippen LogP contribution < -0.4 is 16.0 Å². The van der Waals surface area contributed by atoms with Gasteiger partial charge in [0, 0.05) is 24.3 Å². The van der Waals surface area contributed by atoms with E-state index in [1.54, 1.807) is 18.2 Å². The van der Waals surface area contributed by atoms with E-state index in [0.717, 1.165) is 31.1 Å². The first-order valence-corrected chi connectivity index (χ1v) is 9.70. The molecule has 9 heteroatoms. The fraction of sp³-hybridized carbons (Fsp3) is 0.286. The van der Waals surface area contributed by atoms with E-state index in [0.29, 0.717) is 12.2 Å². The van der Waals surface area contributed by atoms with E-state index in [2.05, 4.69) is 30.9 Å². The number of aromatic nitrogens is 3. The number of rotatable bonds is 5. The van der Waals surface area contributed by atoms with Crippen LogP contribution in [0.15, 0.2) is 54.7 Å². The molecule has 1 aliphatic heterocycles. The molecule has 3 aromatic rings. The number of benzene rings is 1. The predicted octanol–water partition coefficient (Wildman–Crippen LogP) is 4.46. The summed E-state index contributed by atoms with van der Waals surface area (Å²) in [5, 5.41) is 9.08. The Labute approximate surface area is 172 Å². The van der Waals surface area contributed by atoms with Gasteiger partial charge in [-0.1, -0.05) is 36.4 Å². The van der Waals surface area contributed by atoms with Crippen molar-refractivity contribution in [2.75, 3.05) is 23.7 Å². The summed E-state index contributed by atoms with van der Waals surface area (Å²) in [4.78, 5) is 12.4. The van der Waals surface area contributed by atoms with Crippen molar-refractivity contribution in [1.82, 2.24) is 20.3 Å². The van der Waals surface area contributed by atoms with Gasteiger partial charge in [-0.3, -0.25) is 0 Å². The van der Waals surface area contributed by atoms with Crippen molar-refractivity contribution >= 4 is 17.6 Å². The Bertz CT molecular complexity index is 988. The molecule has 0 unspecified atom stereocenters. The first-order chi connectivity index (χ1) is 14.5. The molecule has 0 spiro atoms. The Morgan fingerprint density at radius 3 is 2.57 bits per heavy atom. The number of halogens is 3. The van der Waals surface area contributed by atoms with Gasteiger partial charge in [0.1, 0.15) is 17.2 Å². The van der Waals surface area contributed by atoms with Gasteiger partial charge in [-0.15, -0.1) is 0 Å². The molecule has 0 aliphatic carbocycles. The average Bonchev–Trinajstić information content (AvgIpc) is 2.75. The van der Waals surface area contributed by atoms with Gasteiger partial charge in [0.2, 0.25) is 5.95 Å². The van der Waals surface area contributed by atoms with Gasteiger partial charge in [-0.05, 0) is 31.5 Å². The lowest BCUT2D eigenvalue weighted by atomic mass is 10.1. The van der Waals surface area contributed by atoms with Crippen LogP contribution in [0.3, 0.4) is 0 Å². The van der Waals surface area contributed by atoms with Crippen molar-refractivity contribution in [2.45, 2.75) is 25.1 Å². The largest absolute Gasteiger partial charge is 0.421 e. The van der Waals surface area contributed by atoms with Crippen LogP contribution in [0.2, 0.25) is 0 Å². The van der Waals surface area contributed by atoms with E-state index in [1.807, 2.05) is 30.3 Å². The number of anilines is 3. The molecule has 30 heavy (non-hydrogen) atoms. The first-order valence-electron chi connectivity index (χ1n) is 9.70. The highest BCUT2D eigenvalue weighted by molar-refractivity contribution is 5.64. The summed E-state index contributed by atoms with van der Waals surface area (Å²) in [5.41, 5.74) is 0.573. The molecule has 1 aliphatic rings. The maximum atomic E-state index is 13.5. The van der Waals surface area contributed by atoms with Gasteiger partial charge >= 0.3 is 6.18 Å². The summed E-state index contributed by atoms with van der Waals surface area (Å²) in [6, 6.07) is 14.6. The number of nitrogens with zero attached hydrogens (tertiary/aromatic N) is 3. The summed E-state index contributed by atoms with van der Waals surface area (Å²) in [7, 11) is 0. The van der Waals surface area contributed by atoms with Gasteiger partial charge in [0.25, 0.3) is 0 Å². The fourth-order valence-electron chi connectivity index (χ4n) is 3.31. The summed E-state index contributed by atoms with van der Waals surface area (Å²) >= 11 is 0. The van der Waals surface area contributed by atoms with Crippen molar-refractivity contribution in [3.63, 3.8) is 0 Å². The molecule has 3 N–H and O–H groups in total. The molecule has 2 aromatic heterocycles. The second kappa shape index (κ2) is 8.66. The van der Waals surface area contributed by atoms with Gasteiger partial charge in [0.05, 0.1) is 5.69 Å². The van der Waals surface area contributed by atoms with Crippen LogP contribution in [0.5, 0.6) is 0 Å². The molecule has 0 bridgehead atoms. The fourth-order valence-corrected chi connectivity index (χ4v) is 3.31. The number of alkyl halides is 3. The Morgan fingerprint density at radius 1 is 1.00 bits per heavy atom. The zero-order valence-electron chi connectivity index (χ0n) is 16.1. The Hall–Kier alpha value is -3.20. The van der Waals surface area contributed by atoms with Crippen molar-refractivity contribution < 1.29 is 13.2 Å². The van der Waals surface area contributed by atoms with Crippen molar-refractivity contribution in [1.29, 1.82) is 0 Å². The van der Waals surface area contributed by atoms with Crippen LogP contribution in [-0.4, -0.2) is 34.1 Å². The minimum Gasteiger partial charge on any atom is -0.350 e. The third kappa shape index (κ3) is 4.85. The molecule has 0 amide bonds. The molecular formula is C21H21F3N6. The summed E-state index contributed by atoms with van der Waals surface area (Å²) in [6.45, 7) is 1.65. The lowest BCUT2D eigenvalue weighted by Crippen LogP contribution is -2.38. The van der Waals surface area contributed by atoms with E-state index in [9.17, 15) is 13.2 Å². The maximum absolute atomic E-state index is 13.5. The monoisotopic (exact) mass is 414 g/mol. The third-order valence-electron chi connectivity index (χ3n) is 4.79. The zero-order chi connectivity index (χ0) is 21.0. The Morgan fingerprint density at radius 2 is 1.83 bits per heavy atom. The lowest BCUT2D eigenvalue weighted by Gasteiger charge is -2.24.